The monoisotopic (exact) mass is 451 g/mol. The first-order valence-corrected chi connectivity index (χ1v) is 10.6. The number of nitrogens with zero attached hydrogens (tertiary/aromatic N) is 1. The molecule has 0 aliphatic heterocycles. The average Bonchev–Trinajstić information content (AvgIpc) is 2.79. The van der Waals surface area contributed by atoms with Crippen LogP contribution in [0.1, 0.15) is 15.9 Å². The molecule has 2 N–H and O–H groups in total. The van der Waals surface area contributed by atoms with Crippen molar-refractivity contribution in [3.63, 3.8) is 0 Å². The van der Waals surface area contributed by atoms with Crippen LogP contribution in [-0.2, 0) is 11.2 Å². The molecule has 0 spiro atoms. The summed E-state index contributed by atoms with van der Waals surface area (Å²) in [6.45, 7) is 0.358. The molecule has 0 bridgehead atoms. The summed E-state index contributed by atoms with van der Waals surface area (Å²) in [5.41, 5.74) is 2.92. The number of hydrogen-bond donors (Lipinski definition) is 2. The number of anilines is 2. The molecule has 166 valence electrons. The summed E-state index contributed by atoms with van der Waals surface area (Å²) in [6.07, 6.45) is 0.738. The smallest absolute Gasteiger partial charge is 0.262 e. The SMILES string of the molecule is CN(C)c1ccc(NC(=O)COc2ccc(Cl)cc2)cc1C(=O)NCCc1ccccc1. The second-order valence-corrected chi connectivity index (χ2v) is 7.85. The lowest BCUT2D eigenvalue weighted by Crippen LogP contribution is -2.28. The lowest BCUT2D eigenvalue weighted by Gasteiger charge is -2.18. The van der Waals surface area contributed by atoms with E-state index in [4.69, 9.17) is 16.3 Å². The molecule has 0 aliphatic rings. The van der Waals surface area contributed by atoms with Crippen LogP contribution in [0.15, 0.2) is 72.8 Å². The minimum Gasteiger partial charge on any atom is -0.484 e. The van der Waals surface area contributed by atoms with Crippen LogP contribution in [0, 0.1) is 0 Å². The quantitative estimate of drug-likeness (QED) is 0.506. The molecule has 0 saturated carbocycles. The Labute approximate surface area is 193 Å². The second kappa shape index (κ2) is 11.2. The Balaban J connectivity index is 1.61. The van der Waals surface area contributed by atoms with Gasteiger partial charge in [-0.05, 0) is 54.4 Å². The van der Waals surface area contributed by atoms with Crippen LogP contribution in [0.4, 0.5) is 11.4 Å². The van der Waals surface area contributed by atoms with E-state index in [1.807, 2.05) is 55.4 Å². The Morgan fingerprint density at radius 2 is 1.69 bits per heavy atom. The van der Waals surface area contributed by atoms with Crippen LogP contribution in [0.5, 0.6) is 5.75 Å². The van der Waals surface area contributed by atoms with Crippen molar-refractivity contribution in [1.82, 2.24) is 5.32 Å². The third-order valence-corrected chi connectivity index (χ3v) is 4.98. The summed E-state index contributed by atoms with van der Waals surface area (Å²) < 4.78 is 5.47. The van der Waals surface area contributed by atoms with Crippen LogP contribution in [0.3, 0.4) is 0 Å². The van der Waals surface area contributed by atoms with Gasteiger partial charge >= 0.3 is 0 Å². The maximum Gasteiger partial charge on any atom is 0.262 e. The van der Waals surface area contributed by atoms with E-state index in [0.717, 1.165) is 17.7 Å². The number of nitrogens with one attached hydrogen (secondary N) is 2. The third-order valence-electron chi connectivity index (χ3n) is 4.73. The first-order valence-electron chi connectivity index (χ1n) is 10.2. The van der Waals surface area contributed by atoms with Crippen LogP contribution in [-0.4, -0.2) is 39.1 Å². The minimum atomic E-state index is -0.326. The molecule has 3 aromatic carbocycles. The van der Waals surface area contributed by atoms with Gasteiger partial charge in [-0.2, -0.15) is 0 Å². The molecule has 0 saturated heterocycles. The Morgan fingerprint density at radius 1 is 0.969 bits per heavy atom. The lowest BCUT2D eigenvalue weighted by molar-refractivity contribution is -0.118. The molecule has 0 aromatic heterocycles. The fraction of sp³-hybridized carbons (Fsp3) is 0.200. The molecule has 3 rings (SSSR count). The number of ether oxygens (including phenoxy) is 1. The van der Waals surface area contributed by atoms with Gasteiger partial charge < -0.3 is 20.3 Å². The highest BCUT2D eigenvalue weighted by molar-refractivity contribution is 6.30. The van der Waals surface area contributed by atoms with Gasteiger partial charge in [0.2, 0.25) is 0 Å². The zero-order chi connectivity index (χ0) is 22.9. The molecule has 0 atom stereocenters. The largest absolute Gasteiger partial charge is 0.484 e. The first kappa shape index (κ1) is 23.2. The highest BCUT2D eigenvalue weighted by atomic mass is 35.5. The van der Waals surface area contributed by atoms with Gasteiger partial charge in [0.25, 0.3) is 11.8 Å². The molecule has 2 amide bonds. The molecular weight excluding hydrogens is 426 g/mol. The molecule has 0 heterocycles. The normalized spacial score (nSPS) is 10.3. The zero-order valence-electron chi connectivity index (χ0n) is 18.1. The van der Waals surface area contributed by atoms with E-state index in [0.29, 0.717) is 28.6 Å². The van der Waals surface area contributed by atoms with Crippen LogP contribution >= 0.6 is 11.6 Å². The van der Waals surface area contributed by atoms with Gasteiger partial charge in [0, 0.05) is 37.0 Å². The van der Waals surface area contributed by atoms with Crippen molar-refractivity contribution in [3.05, 3.63) is 88.9 Å². The number of amides is 2. The van der Waals surface area contributed by atoms with Crippen molar-refractivity contribution in [1.29, 1.82) is 0 Å². The van der Waals surface area contributed by atoms with Crippen LogP contribution < -0.4 is 20.3 Å². The van der Waals surface area contributed by atoms with Gasteiger partial charge in [-0.25, -0.2) is 0 Å². The Bertz CT molecular complexity index is 1050. The van der Waals surface area contributed by atoms with Gasteiger partial charge in [-0.15, -0.1) is 0 Å². The van der Waals surface area contributed by atoms with Crippen molar-refractivity contribution in [3.8, 4) is 5.75 Å². The number of rotatable bonds is 9. The number of halogens is 1. The summed E-state index contributed by atoms with van der Waals surface area (Å²) in [7, 11) is 3.74. The molecule has 0 aliphatic carbocycles. The predicted octanol–water partition coefficient (Wildman–Crippen LogP) is 4.40. The van der Waals surface area contributed by atoms with Gasteiger partial charge in [-0.3, -0.25) is 9.59 Å². The summed E-state index contributed by atoms with van der Waals surface area (Å²) in [4.78, 5) is 27.0. The molecule has 32 heavy (non-hydrogen) atoms. The molecule has 0 fully saturated rings. The fourth-order valence-electron chi connectivity index (χ4n) is 3.12. The molecule has 6 nitrogen and oxygen atoms in total. The van der Waals surface area contributed by atoms with E-state index in [1.54, 1.807) is 36.4 Å². The number of carbonyl (C=O) groups is 2. The lowest BCUT2D eigenvalue weighted by atomic mass is 10.1. The summed E-state index contributed by atoms with van der Waals surface area (Å²) in [5.74, 6) is 0.0251. The molecule has 7 heteroatoms. The Morgan fingerprint density at radius 3 is 2.38 bits per heavy atom. The molecular formula is C25H26ClN3O3. The Kier molecular flexibility index (Phi) is 8.11. The third kappa shape index (κ3) is 6.75. The molecule has 3 aromatic rings. The van der Waals surface area contributed by atoms with Gasteiger partial charge in [0.05, 0.1) is 5.56 Å². The van der Waals surface area contributed by atoms with Gasteiger partial charge in [-0.1, -0.05) is 41.9 Å². The van der Waals surface area contributed by atoms with Crippen molar-refractivity contribution in [2.24, 2.45) is 0 Å². The second-order valence-electron chi connectivity index (χ2n) is 7.41. The maximum absolute atomic E-state index is 12.9. The number of benzene rings is 3. The average molecular weight is 452 g/mol. The summed E-state index contributed by atoms with van der Waals surface area (Å²) in [6, 6.07) is 22.0. The van der Waals surface area contributed by atoms with E-state index < -0.39 is 0 Å². The van der Waals surface area contributed by atoms with Crippen molar-refractivity contribution < 1.29 is 14.3 Å². The highest BCUT2D eigenvalue weighted by Crippen LogP contribution is 2.23. The summed E-state index contributed by atoms with van der Waals surface area (Å²) in [5, 5.41) is 6.33. The molecule has 0 radical (unpaired) electrons. The van der Waals surface area contributed by atoms with Crippen LogP contribution in [0.2, 0.25) is 5.02 Å². The highest BCUT2D eigenvalue weighted by Gasteiger charge is 2.15. The fourth-order valence-corrected chi connectivity index (χ4v) is 3.25. The minimum absolute atomic E-state index is 0.157. The van der Waals surface area contributed by atoms with Crippen LogP contribution in [0.25, 0.3) is 0 Å². The standard InChI is InChI=1S/C25H26ClN3O3/c1-29(2)23-13-10-20(28-24(30)17-32-21-11-8-19(26)9-12-21)16-22(23)25(31)27-15-14-18-6-4-3-5-7-18/h3-13,16H,14-15,17H2,1-2H3,(H,27,31)(H,28,30). The van der Waals surface area contributed by atoms with E-state index in [2.05, 4.69) is 10.6 Å². The zero-order valence-corrected chi connectivity index (χ0v) is 18.9. The predicted molar refractivity (Wildman–Crippen MR) is 129 cm³/mol. The first-order chi connectivity index (χ1) is 15.4. The van der Waals surface area contributed by atoms with E-state index in [-0.39, 0.29) is 18.4 Å². The molecule has 0 unspecified atom stereocenters. The Hall–Kier alpha value is -3.51. The van der Waals surface area contributed by atoms with E-state index in [1.165, 1.54) is 0 Å². The van der Waals surface area contributed by atoms with Crippen molar-refractivity contribution in [2.75, 3.05) is 37.5 Å². The van der Waals surface area contributed by atoms with E-state index in [9.17, 15) is 9.59 Å². The summed E-state index contributed by atoms with van der Waals surface area (Å²) >= 11 is 5.85. The van der Waals surface area contributed by atoms with Crippen molar-refractivity contribution >= 4 is 34.8 Å². The van der Waals surface area contributed by atoms with Crippen molar-refractivity contribution in [2.45, 2.75) is 6.42 Å². The number of carbonyl (C=O) groups excluding carboxylic acids is 2. The van der Waals surface area contributed by atoms with Gasteiger partial charge in [0.1, 0.15) is 5.75 Å². The topological polar surface area (TPSA) is 70.7 Å². The van der Waals surface area contributed by atoms with Gasteiger partial charge in [0.15, 0.2) is 6.61 Å². The van der Waals surface area contributed by atoms with E-state index >= 15 is 0 Å². The maximum atomic E-state index is 12.9. The number of hydrogen-bond acceptors (Lipinski definition) is 4.